The van der Waals surface area contributed by atoms with Crippen molar-refractivity contribution >= 4 is 0 Å². The van der Waals surface area contributed by atoms with E-state index in [4.69, 9.17) is 23.7 Å². The van der Waals surface area contributed by atoms with Crippen molar-refractivity contribution in [2.24, 2.45) is 0 Å². The summed E-state index contributed by atoms with van der Waals surface area (Å²) in [6.45, 7) is 3.30. The first-order chi connectivity index (χ1) is 12.7. The fourth-order valence-electron chi connectivity index (χ4n) is 2.39. The quantitative estimate of drug-likeness (QED) is 0.405. The second-order valence-corrected chi connectivity index (χ2v) is 5.88. The number of rotatable bonds is 13. The molecule has 0 radical (unpaired) electrons. The summed E-state index contributed by atoms with van der Waals surface area (Å²) in [6, 6.07) is 9.96. The monoisotopic (exact) mass is 372 g/mol. The van der Waals surface area contributed by atoms with Gasteiger partial charge in [-0.3, -0.25) is 0 Å². The van der Waals surface area contributed by atoms with Crippen LogP contribution in [0.3, 0.4) is 0 Å². The summed E-state index contributed by atoms with van der Waals surface area (Å²) in [5.74, 6) is 0. The van der Waals surface area contributed by atoms with E-state index in [1.165, 1.54) is 0 Å². The summed E-state index contributed by atoms with van der Waals surface area (Å²) in [6.07, 6.45) is -4.56. The van der Waals surface area contributed by atoms with Crippen LogP contribution in [0.15, 0.2) is 30.3 Å². The fourth-order valence-corrected chi connectivity index (χ4v) is 2.39. The Labute approximate surface area is 153 Å². The van der Waals surface area contributed by atoms with Gasteiger partial charge in [-0.1, -0.05) is 30.3 Å². The van der Waals surface area contributed by atoms with E-state index < -0.39 is 24.6 Å². The summed E-state index contributed by atoms with van der Waals surface area (Å²) in [7, 11) is 0. The Bertz CT molecular complexity index is 472. The zero-order valence-corrected chi connectivity index (χ0v) is 14.7. The van der Waals surface area contributed by atoms with Gasteiger partial charge in [-0.05, 0) is 5.56 Å². The van der Waals surface area contributed by atoms with Crippen molar-refractivity contribution in [3.8, 4) is 0 Å². The van der Waals surface area contributed by atoms with Gasteiger partial charge in [0.05, 0.1) is 52.9 Å². The molecule has 26 heavy (non-hydrogen) atoms. The van der Waals surface area contributed by atoms with Crippen molar-refractivity contribution in [2.75, 3.05) is 46.2 Å². The smallest absolute Gasteiger partial charge is 0.184 e. The van der Waals surface area contributed by atoms with Crippen LogP contribution in [0.4, 0.5) is 0 Å². The van der Waals surface area contributed by atoms with E-state index in [0.29, 0.717) is 46.2 Å². The SMILES string of the molecule is OC1O[C@H](COCCOCCOCCOCc2ccccc2)[C@@H](O)[C@H]1O. The molecule has 1 aromatic carbocycles. The Balaban J connectivity index is 1.33. The molecule has 0 amide bonds. The Kier molecular flexibility index (Phi) is 10.0. The predicted molar refractivity (Wildman–Crippen MR) is 91.4 cm³/mol. The molecule has 0 aromatic heterocycles. The van der Waals surface area contributed by atoms with Crippen molar-refractivity contribution in [3.63, 3.8) is 0 Å². The Morgan fingerprint density at radius 3 is 1.88 bits per heavy atom. The molecule has 8 nitrogen and oxygen atoms in total. The van der Waals surface area contributed by atoms with Crippen LogP contribution in [0.25, 0.3) is 0 Å². The van der Waals surface area contributed by atoms with Gasteiger partial charge in [0, 0.05) is 0 Å². The summed E-state index contributed by atoms with van der Waals surface area (Å²) in [4.78, 5) is 0. The first kappa shape index (κ1) is 21.2. The highest BCUT2D eigenvalue weighted by Crippen LogP contribution is 2.19. The maximum atomic E-state index is 9.58. The average Bonchev–Trinajstić information content (AvgIpc) is 2.90. The van der Waals surface area contributed by atoms with Crippen LogP contribution in [-0.4, -0.2) is 86.2 Å². The minimum atomic E-state index is -1.37. The lowest BCUT2D eigenvalue weighted by Crippen LogP contribution is -2.34. The van der Waals surface area contributed by atoms with E-state index in [1.807, 2.05) is 30.3 Å². The molecule has 0 spiro atoms. The fraction of sp³-hybridized carbons (Fsp3) is 0.667. The zero-order valence-electron chi connectivity index (χ0n) is 14.7. The molecule has 2 rings (SSSR count). The Morgan fingerprint density at radius 2 is 1.31 bits per heavy atom. The number of benzene rings is 1. The van der Waals surface area contributed by atoms with Gasteiger partial charge in [-0.25, -0.2) is 0 Å². The third-order valence-electron chi connectivity index (χ3n) is 3.85. The average molecular weight is 372 g/mol. The number of hydrogen-bond acceptors (Lipinski definition) is 8. The van der Waals surface area contributed by atoms with Gasteiger partial charge in [0.15, 0.2) is 6.29 Å². The molecule has 0 aliphatic carbocycles. The highest BCUT2D eigenvalue weighted by atomic mass is 16.7. The third-order valence-corrected chi connectivity index (χ3v) is 3.85. The van der Waals surface area contributed by atoms with Crippen LogP contribution >= 0.6 is 0 Å². The third kappa shape index (κ3) is 7.65. The number of hydrogen-bond donors (Lipinski definition) is 3. The Morgan fingerprint density at radius 1 is 0.731 bits per heavy atom. The summed E-state index contributed by atoms with van der Waals surface area (Å²) < 4.78 is 26.5. The molecule has 4 atom stereocenters. The lowest BCUT2D eigenvalue weighted by molar-refractivity contribution is -0.138. The molecular weight excluding hydrogens is 344 g/mol. The standard InChI is InChI=1S/C18H28O8/c19-16-15(26-18(21)17(16)20)13-25-11-9-23-7-6-22-8-10-24-12-14-4-2-1-3-5-14/h1-5,15-21H,6-13H2/t15-,16-,17-,18?/m1/s1. The summed E-state index contributed by atoms with van der Waals surface area (Å²) in [5.41, 5.74) is 1.13. The second-order valence-electron chi connectivity index (χ2n) is 5.88. The first-order valence-electron chi connectivity index (χ1n) is 8.73. The molecule has 1 aromatic rings. The molecule has 1 heterocycles. The van der Waals surface area contributed by atoms with Gasteiger partial charge >= 0.3 is 0 Å². The lowest BCUT2D eigenvalue weighted by Gasteiger charge is -2.14. The summed E-state index contributed by atoms with van der Waals surface area (Å²) >= 11 is 0. The highest BCUT2D eigenvalue weighted by molar-refractivity contribution is 5.13. The Hall–Kier alpha value is -1.10. The van der Waals surface area contributed by atoms with E-state index in [1.54, 1.807) is 0 Å². The molecule has 1 fully saturated rings. The van der Waals surface area contributed by atoms with Crippen molar-refractivity contribution < 1.29 is 39.0 Å². The van der Waals surface area contributed by atoms with Gasteiger partial charge in [-0.2, -0.15) is 0 Å². The number of aliphatic hydroxyl groups is 3. The van der Waals surface area contributed by atoms with Crippen LogP contribution in [0.2, 0.25) is 0 Å². The van der Waals surface area contributed by atoms with Gasteiger partial charge in [0.25, 0.3) is 0 Å². The topological polar surface area (TPSA) is 107 Å². The van der Waals surface area contributed by atoms with E-state index in [9.17, 15) is 15.3 Å². The van der Waals surface area contributed by atoms with Crippen LogP contribution in [0.5, 0.6) is 0 Å². The van der Waals surface area contributed by atoms with Crippen molar-refractivity contribution in [1.29, 1.82) is 0 Å². The minimum Gasteiger partial charge on any atom is -0.387 e. The van der Waals surface area contributed by atoms with Crippen molar-refractivity contribution in [2.45, 2.75) is 31.2 Å². The van der Waals surface area contributed by atoms with E-state index >= 15 is 0 Å². The maximum absolute atomic E-state index is 9.58. The van der Waals surface area contributed by atoms with Crippen LogP contribution in [0.1, 0.15) is 5.56 Å². The second kappa shape index (κ2) is 12.3. The van der Waals surface area contributed by atoms with Crippen molar-refractivity contribution in [1.82, 2.24) is 0 Å². The summed E-state index contributed by atoms with van der Waals surface area (Å²) in [5, 5.41) is 28.2. The molecule has 1 aliphatic rings. The van der Waals surface area contributed by atoms with E-state index in [-0.39, 0.29) is 6.61 Å². The van der Waals surface area contributed by atoms with Gasteiger partial charge in [-0.15, -0.1) is 0 Å². The van der Waals surface area contributed by atoms with Gasteiger partial charge in [0.1, 0.15) is 18.3 Å². The first-order valence-corrected chi connectivity index (χ1v) is 8.73. The van der Waals surface area contributed by atoms with Crippen LogP contribution in [0, 0.1) is 0 Å². The largest absolute Gasteiger partial charge is 0.387 e. The molecule has 1 saturated heterocycles. The molecule has 1 aliphatic heterocycles. The van der Waals surface area contributed by atoms with E-state index in [0.717, 1.165) is 5.56 Å². The molecule has 148 valence electrons. The maximum Gasteiger partial charge on any atom is 0.184 e. The number of ether oxygens (including phenoxy) is 5. The number of aliphatic hydroxyl groups excluding tert-OH is 3. The highest BCUT2D eigenvalue weighted by Gasteiger charge is 2.41. The van der Waals surface area contributed by atoms with Crippen LogP contribution < -0.4 is 0 Å². The normalized spacial score (nSPS) is 25.7. The zero-order chi connectivity index (χ0) is 18.6. The molecular formula is C18H28O8. The molecule has 3 N–H and O–H groups in total. The van der Waals surface area contributed by atoms with Gasteiger partial charge < -0.3 is 39.0 Å². The molecule has 8 heteroatoms. The van der Waals surface area contributed by atoms with Gasteiger partial charge in [0.2, 0.25) is 0 Å². The van der Waals surface area contributed by atoms with E-state index in [2.05, 4.69) is 0 Å². The molecule has 0 saturated carbocycles. The minimum absolute atomic E-state index is 0.0773. The predicted octanol–water partition coefficient (Wildman–Crippen LogP) is -0.308. The lowest BCUT2D eigenvalue weighted by atomic mass is 10.1. The van der Waals surface area contributed by atoms with Crippen LogP contribution in [-0.2, 0) is 30.3 Å². The molecule has 0 bridgehead atoms. The molecule has 1 unspecified atom stereocenters. The van der Waals surface area contributed by atoms with Crippen molar-refractivity contribution in [3.05, 3.63) is 35.9 Å².